The highest BCUT2D eigenvalue weighted by Gasteiger charge is 2.17. The van der Waals surface area contributed by atoms with Crippen LogP contribution in [0.4, 0.5) is 21.7 Å². The molecule has 2 heterocycles. The molecule has 0 atom stereocenters. The highest BCUT2D eigenvalue weighted by atomic mass is 19.1. The maximum absolute atomic E-state index is 12.9. The number of piperazine rings is 1. The van der Waals surface area contributed by atoms with Gasteiger partial charge < -0.3 is 15.1 Å². The van der Waals surface area contributed by atoms with Crippen LogP contribution in [0.15, 0.2) is 36.7 Å². The van der Waals surface area contributed by atoms with Crippen molar-refractivity contribution in [3.63, 3.8) is 0 Å². The van der Waals surface area contributed by atoms with Gasteiger partial charge in [0.15, 0.2) is 0 Å². The molecule has 0 amide bonds. The summed E-state index contributed by atoms with van der Waals surface area (Å²) in [5, 5.41) is 3.18. The Hall–Kier alpha value is -2.21. The average molecular weight is 301 g/mol. The largest absolute Gasteiger partial charge is 0.354 e. The van der Waals surface area contributed by atoms with E-state index in [1.807, 2.05) is 6.07 Å². The molecule has 1 N–H and O–H groups in total. The quantitative estimate of drug-likeness (QED) is 0.940. The van der Waals surface area contributed by atoms with Crippen LogP contribution in [0.3, 0.4) is 0 Å². The van der Waals surface area contributed by atoms with Gasteiger partial charge in [-0.05, 0) is 30.8 Å². The lowest BCUT2D eigenvalue weighted by Crippen LogP contribution is -2.46. The van der Waals surface area contributed by atoms with Gasteiger partial charge in [0.25, 0.3) is 0 Å². The number of benzene rings is 1. The molecule has 0 aliphatic carbocycles. The topological polar surface area (TPSA) is 44.3 Å². The zero-order valence-corrected chi connectivity index (χ0v) is 12.7. The monoisotopic (exact) mass is 301 g/mol. The molecule has 6 heteroatoms. The van der Waals surface area contributed by atoms with Crippen molar-refractivity contribution in [3.05, 3.63) is 42.5 Å². The van der Waals surface area contributed by atoms with Crippen molar-refractivity contribution in [1.29, 1.82) is 0 Å². The van der Waals surface area contributed by atoms with Crippen molar-refractivity contribution in [1.82, 2.24) is 14.9 Å². The Labute approximate surface area is 129 Å². The van der Waals surface area contributed by atoms with Crippen molar-refractivity contribution in [2.24, 2.45) is 0 Å². The smallest absolute Gasteiger partial charge is 0.135 e. The van der Waals surface area contributed by atoms with E-state index < -0.39 is 0 Å². The standard InChI is InChI=1S/C16H20FN5/c1-2-21-7-9-22(10-8-21)16-11-15(18-12-19-16)20-14-5-3-13(17)4-6-14/h3-6,11-12H,2,7-10H2,1H3,(H,18,19,20). The zero-order valence-electron chi connectivity index (χ0n) is 12.7. The summed E-state index contributed by atoms with van der Waals surface area (Å²) in [6.45, 7) is 7.34. The van der Waals surface area contributed by atoms with E-state index in [1.54, 1.807) is 18.5 Å². The van der Waals surface area contributed by atoms with Gasteiger partial charge in [-0.15, -0.1) is 0 Å². The number of nitrogens with zero attached hydrogens (tertiary/aromatic N) is 4. The molecule has 0 spiro atoms. The van der Waals surface area contributed by atoms with E-state index in [1.165, 1.54) is 12.1 Å². The van der Waals surface area contributed by atoms with Gasteiger partial charge >= 0.3 is 0 Å². The van der Waals surface area contributed by atoms with Gasteiger partial charge in [0.05, 0.1) is 0 Å². The van der Waals surface area contributed by atoms with Crippen LogP contribution in [0.1, 0.15) is 6.92 Å². The SMILES string of the molecule is CCN1CCN(c2cc(Nc3ccc(F)cc3)ncn2)CC1. The predicted molar refractivity (Wildman–Crippen MR) is 86.0 cm³/mol. The lowest BCUT2D eigenvalue weighted by atomic mass is 10.3. The normalized spacial score (nSPS) is 15.8. The number of likely N-dealkylation sites (N-methyl/N-ethyl adjacent to an activating group) is 1. The number of halogens is 1. The minimum atomic E-state index is -0.247. The van der Waals surface area contributed by atoms with Gasteiger partial charge in [0.2, 0.25) is 0 Å². The first-order valence-corrected chi connectivity index (χ1v) is 7.56. The zero-order chi connectivity index (χ0) is 15.4. The second-order valence-corrected chi connectivity index (χ2v) is 5.31. The van der Waals surface area contributed by atoms with Crippen LogP contribution in [0.2, 0.25) is 0 Å². The molecule has 0 radical (unpaired) electrons. The molecule has 0 unspecified atom stereocenters. The molecule has 0 bridgehead atoms. The third-order valence-corrected chi connectivity index (χ3v) is 3.91. The molecule has 1 aliphatic rings. The highest BCUT2D eigenvalue weighted by molar-refractivity contribution is 5.59. The van der Waals surface area contributed by atoms with Gasteiger partial charge in [-0.2, -0.15) is 0 Å². The molecule has 1 fully saturated rings. The summed E-state index contributed by atoms with van der Waals surface area (Å²) in [6.07, 6.45) is 1.56. The van der Waals surface area contributed by atoms with E-state index in [0.717, 1.165) is 50.0 Å². The van der Waals surface area contributed by atoms with Gasteiger partial charge in [-0.1, -0.05) is 6.92 Å². The van der Waals surface area contributed by atoms with Gasteiger partial charge in [0.1, 0.15) is 23.8 Å². The Morgan fingerprint density at radius 2 is 1.82 bits per heavy atom. The van der Waals surface area contributed by atoms with Crippen LogP contribution in [0.5, 0.6) is 0 Å². The minimum Gasteiger partial charge on any atom is -0.354 e. The van der Waals surface area contributed by atoms with Crippen LogP contribution < -0.4 is 10.2 Å². The molecule has 1 aromatic carbocycles. The Bertz CT molecular complexity index is 608. The van der Waals surface area contributed by atoms with Crippen molar-refractivity contribution < 1.29 is 4.39 Å². The van der Waals surface area contributed by atoms with Gasteiger partial charge in [0, 0.05) is 37.9 Å². The summed E-state index contributed by atoms with van der Waals surface area (Å²) in [7, 11) is 0. The van der Waals surface area contributed by atoms with Crippen molar-refractivity contribution in [2.45, 2.75) is 6.92 Å². The van der Waals surface area contributed by atoms with Gasteiger partial charge in [-0.3, -0.25) is 0 Å². The molecule has 22 heavy (non-hydrogen) atoms. The summed E-state index contributed by atoms with van der Waals surface area (Å²) in [5.41, 5.74) is 0.807. The Morgan fingerprint density at radius 1 is 1.09 bits per heavy atom. The summed E-state index contributed by atoms with van der Waals surface area (Å²) in [4.78, 5) is 13.3. The minimum absolute atomic E-state index is 0.247. The van der Waals surface area contributed by atoms with Crippen molar-refractivity contribution in [2.75, 3.05) is 42.9 Å². The van der Waals surface area contributed by atoms with E-state index in [2.05, 4.69) is 32.0 Å². The Balaban J connectivity index is 1.68. The lowest BCUT2D eigenvalue weighted by molar-refractivity contribution is 0.270. The highest BCUT2D eigenvalue weighted by Crippen LogP contribution is 2.19. The van der Waals surface area contributed by atoms with Crippen LogP contribution in [0.25, 0.3) is 0 Å². The number of anilines is 3. The van der Waals surface area contributed by atoms with E-state index in [4.69, 9.17) is 0 Å². The summed E-state index contributed by atoms with van der Waals surface area (Å²) in [5.74, 6) is 1.40. The molecular formula is C16H20FN5. The number of rotatable bonds is 4. The summed E-state index contributed by atoms with van der Waals surface area (Å²) in [6, 6.07) is 8.17. The third-order valence-electron chi connectivity index (χ3n) is 3.91. The molecule has 1 saturated heterocycles. The number of nitrogens with one attached hydrogen (secondary N) is 1. The number of hydrogen-bond donors (Lipinski definition) is 1. The maximum atomic E-state index is 12.9. The molecular weight excluding hydrogens is 281 g/mol. The first-order valence-electron chi connectivity index (χ1n) is 7.56. The molecule has 3 rings (SSSR count). The Morgan fingerprint density at radius 3 is 2.50 bits per heavy atom. The van der Waals surface area contributed by atoms with Crippen LogP contribution in [-0.2, 0) is 0 Å². The van der Waals surface area contributed by atoms with Crippen LogP contribution >= 0.6 is 0 Å². The van der Waals surface area contributed by atoms with Crippen LogP contribution in [-0.4, -0.2) is 47.6 Å². The molecule has 116 valence electrons. The summed E-state index contributed by atoms with van der Waals surface area (Å²) < 4.78 is 12.9. The van der Waals surface area contributed by atoms with E-state index in [9.17, 15) is 4.39 Å². The van der Waals surface area contributed by atoms with Crippen molar-refractivity contribution >= 4 is 17.3 Å². The lowest BCUT2D eigenvalue weighted by Gasteiger charge is -2.34. The third kappa shape index (κ3) is 3.51. The summed E-state index contributed by atoms with van der Waals surface area (Å²) >= 11 is 0. The van der Waals surface area contributed by atoms with Crippen LogP contribution in [0, 0.1) is 5.82 Å². The number of hydrogen-bond acceptors (Lipinski definition) is 5. The number of aromatic nitrogens is 2. The van der Waals surface area contributed by atoms with E-state index in [0.29, 0.717) is 0 Å². The Kier molecular flexibility index (Phi) is 4.48. The van der Waals surface area contributed by atoms with Crippen molar-refractivity contribution in [3.8, 4) is 0 Å². The average Bonchev–Trinajstić information content (AvgIpc) is 2.57. The fourth-order valence-corrected chi connectivity index (χ4v) is 2.56. The van der Waals surface area contributed by atoms with Gasteiger partial charge in [-0.25, -0.2) is 14.4 Å². The predicted octanol–water partition coefficient (Wildman–Crippen LogP) is 2.50. The molecule has 2 aromatic rings. The second kappa shape index (κ2) is 6.70. The fraction of sp³-hybridized carbons (Fsp3) is 0.375. The second-order valence-electron chi connectivity index (χ2n) is 5.31. The van der Waals surface area contributed by atoms with E-state index >= 15 is 0 Å². The molecule has 5 nitrogen and oxygen atoms in total. The fourth-order valence-electron chi connectivity index (χ4n) is 2.56. The molecule has 1 aromatic heterocycles. The van der Waals surface area contributed by atoms with E-state index in [-0.39, 0.29) is 5.82 Å². The molecule has 1 aliphatic heterocycles. The molecule has 0 saturated carbocycles. The maximum Gasteiger partial charge on any atom is 0.135 e. The first-order chi connectivity index (χ1) is 10.7. The first kappa shape index (κ1) is 14.7.